The third-order valence-electron chi connectivity index (χ3n) is 3.81. The van der Waals surface area contributed by atoms with Crippen molar-refractivity contribution in [2.75, 3.05) is 12.4 Å². The zero-order valence-corrected chi connectivity index (χ0v) is 13.9. The van der Waals surface area contributed by atoms with Crippen molar-refractivity contribution < 1.29 is 19.4 Å². The molecule has 2 aromatic carbocycles. The fourth-order valence-electron chi connectivity index (χ4n) is 2.47. The Morgan fingerprint density at radius 2 is 1.69 bits per heavy atom. The normalized spacial score (nSPS) is 12.7. The molecule has 0 aliphatic heterocycles. The molecule has 0 saturated carbocycles. The molecule has 26 heavy (non-hydrogen) atoms. The van der Waals surface area contributed by atoms with E-state index in [-0.39, 0.29) is 12.1 Å². The number of esters is 1. The van der Waals surface area contributed by atoms with E-state index < -0.39 is 27.9 Å². The molecule has 0 spiro atoms. The van der Waals surface area contributed by atoms with Crippen LogP contribution in [0.5, 0.6) is 0 Å². The molecule has 0 fully saturated rings. The van der Waals surface area contributed by atoms with Crippen LogP contribution in [0.15, 0.2) is 54.6 Å². The van der Waals surface area contributed by atoms with Crippen LogP contribution in [-0.2, 0) is 9.53 Å². The average Bonchev–Trinajstić information content (AvgIpc) is 2.65. The van der Waals surface area contributed by atoms with Gasteiger partial charge in [-0.15, -0.1) is 0 Å². The van der Waals surface area contributed by atoms with Crippen molar-refractivity contribution in [2.24, 2.45) is 0 Å². The first kappa shape index (κ1) is 18.8. The van der Waals surface area contributed by atoms with Crippen LogP contribution in [0.1, 0.15) is 18.0 Å². The van der Waals surface area contributed by atoms with E-state index in [0.29, 0.717) is 5.69 Å². The second kappa shape index (κ2) is 8.56. The van der Waals surface area contributed by atoms with E-state index in [1.165, 1.54) is 24.3 Å². The molecule has 0 saturated heterocycles. The molecular formula is C17H17N3O6. The minimum Gasteiger partial charge on any atom is -0.464 e. The fraction of sp³-hybridized carbons (Fsp3) is 0.235. The maximum Gasteiger partial charge on any atom is 0.381 e. The first-order valence-corrected chi connectivity index (χ1v) is 7.69. The van der Waals surface area contributed by atoms with Crippen LogP contribution in [0.2, 0.25) is 0 Å². The Kier molecular flexibility index (Phi) is 6.20. The van der Waals surface area contributed by atoms with Gasteiger partial charge in [-0.3, -0.25) is 20.2 Å². The summed E-state index contributed by atoms with van der Waals surface area (Å²) < 4.78 is 4.52. The highest BCUT2D eigenvalue weighted by atomic mass is 16.6. The van der Waals surface area contributed by atoms with Crippen LogP contribution in [0.25, 0.3) is 0 Å². The van der Waals surface area contributed by atoms with Crippen LogP contribution in [-0.4, -0.2) is 29.0 Å². The lowest BCUT2D eigenvalue weighted by molar-refractivity contribution is -0.511. The van der Waals surface area contributed by atoms with E-state index in [1.54, 1.807) is 30.3 Å². The lowest BCUT2D eigenvalue weighted by atomic mass is 9.99. The molecule has 0 heterocycles. The Hall–Kier alpha value is -3.49. The number of benzene rings is 2. The van der Waals surface area contributed by atoms with Crippen molar-refractivity contribution in [3.63, 3.8) is 0 Å². The van der Waals surface area contributed by atoms with Crippen LogP contribution in [0.3, 0.4) is 0 Å². The standard InChI is InChI=1S/C17H17N3O6/c1-26-17(21)16(20(24)25)11-15(12-5-3-2-4-6-12)18-13-7-9-14(10-8-13)19(22)23/h2-10,15-16,18H,11H2,1H3. The number of hydrogen-bond donors (Lipinski definition) is 1. The highest BCUT2D eigenvalue weighted by molar-refractivity contribution is 5.74. The predicted octanol–water partition coefficient (Wildman–Crippen LogP) is 2.96. The van der Waals surface area contributed by atoms with Gasteiger partial charge in [0.05, 0.1) is 24.5 Å². The Labute approximate surface area is 148 Å². The van der Waals surface area contributed by atoms with E-state index >= 15 is 0 Å². The summed E-state index contributed by atoms with van der Waals surface area (Å²) in [5, 5.41) is 25.1. The summed E-state index contributed by atoms with van der Waals surface area (Å²) in [6.07, 6.45) is -0.138. The van der Waals surface area contributed by atoms with E-state index in [1.807, 2.05) is 0 Å². The molecule has 0 aliphatic rings. The molecule has 2 rings (SSSR count). The van der Waals surface area contributed by atoms with Crippen LogP contribution in [0.4, 0.5) is 11.4 Å². The largest absolute Gasteiger partial charge is 0.464 e. The average molecular weight is 359 g/mol. The molecule has 136 valence electrons. The van der Waals surface area contributed by atoms with E-state index in [9.17, 15) is 25.0 Å². The van der Waals surface area contributed by atoms with Crippen molar-refractivity contribution >= 4 is 17.3 Å². The van der Waals surface area contributed by atoms with Gasteiger partial charge in [-0.25, -0.2) is 4.79 Å². The number of ether oxygens (including phenoxy) is 1. The quantitative estimate of drug-likeness (QED) is 0.436. The number of rotatable bonds is 8. The molecule has 0 radical (unpaired) electrons. The van der Waals surface area contributed by atoms with E-state index in [0.717, 1.165) is 12.7 Å². The molecular weight excluding hydrogens is 342 g/mol. The maximum atomic E-state index is 11.7. The third kappa shape index (κ3) is 4.76. The Balaban J connectivity index is 2.28. The van der Waals surface area contributed by atoms with Gasteiger partial charge in [0.15, 0.2) is 0 Å². The lowest BCUT2D eigenvalue weighted by Crippen LogP contribution is -2.34. The summed E-state index contributed by atoms with van der Waals surface area (Å²) in [4.78, 5) is 32.5. The number of nitro benzene ring substituents is 1. The van der Waals surface area contributed by atoms with Crippen molar-refractivity contribution in [1.29, 1.82) is 0 Å². The molecule has 1 N–H and O–H groups in total. The first-order valence-electron chi connectivity index (χ1n) is 7.69. The second-order valence-corrected chi connectivity index (χ2v) is 5.47. The number of anilines is 1. The van der Waals surface area contributed by atoms with Crippen LogP contribution < -0.4 is 5.32 Å². The molecule has 0 aromatic heterocycles. The highest BCUT2D eigenvalue weighted by Gasteiger charge is 2.34. The van der Waals surface area contributed by atoms with Gasteiger partial charge in [0, 0.05) is 22.7 Å². The first-order chi connectivity index (χ1) is 12.4. The minimum atomic E-state index is -1.53. The van der Waals surface area contributed by atoms with Crippen molar-refractivity contribution in [3.05, 3.63) is 80.4 Å². The molecule has 0 aliphatic carbocycles. The van der Waals surface area contributed by atoms with Crippen LogP contribution in [0, 0.1) is 20.2 Å². The number of hydrogen-bond acceptors (Lipinski definition) is 7. The minimum absolute atomic E-state index is 0.0652. The molecule has 9 nitrogen and oxygen atoms in total. The zero-order valence-electron chi connectivity index (χ0n) is 13.9. The van der Waals surface area contributed by atoms with Gasteiger partial charge in [0.25, 0.3) is 5.69 Å². The zero-order chi connectivity index (χ0) is 19.1. The summed E-state index contributed by atoms with van der Waals surface area (Å²) >= 11 is 0. The number of carbonyl (C=O) groups is 1. The van der Waals surface area contributed by atoms with Gasteiger partial charge in [0.1, 0.15) is 0 Å². The lowest BCUT2D eigenvalue weighted by Gasteiger charge is -2.21. The van der Waals surface area contributed by atoms with Gasteiger partial charge in [0.2, 0.25) is 0 Å². The monoisotopic (exact) mass is 359 g/mol. The number of nitro groups is 2. The Morgan fingerprint density at radius 1 is 1.08 bits per heavy atom. The maximum absolute atomic E-state index is 11.7. The third-order valence-corrected chi connectivity index (χ3v) is 3.81. The van der Waals surface area contributed by atoms with Gasteiger partial charge >= 0.3 is 12.0 Å². The summed E-state index contributed by atoms with van der Waals surface area (Å²) in [6.45, 7) is 0. The van der Waals surface area contributed by atoms with Crippen LogP contribution >= 0.6 is 0 Å². The topological polar surface area (TPSA) is 125 Å². The molecule has 2 atom stereocenters. The van der Waals surface area contributed by atoms with Crippen molar-refractivity contribution in [3.8, 4) is 0 Å². The van der Waals surface area contributed by atoms with Gasteiger partial charge < -0.3 is 10.1 Å². The molecule has 0 amide bonds. The Bertz CT molecular complexity index is 779. The van der Waals surface area contributed by atoms with Gasteiger partial charge in [-0.1, -0.05) is 30.3 Å². The van der Waals surface area contributed by atoms with E-state index in [4.69, 9.17) is 0 Å². The van der Waals surface area contributed by atoms with Gasteiger partial charge in [-0.2, -0.15) is 0 Å². The second-order valence-electron chi connectivity index (χ2n) is 5.47. The molecule has 2 aromatic rings. The number of methoxy groups -OCH3 is 1. The smallest absolute Gasteiger partial charge is 0.381 e. The van der Waals surface area contributed by atoms with Crippen molar-refractivity contribution in [2.45, 2.75) is 18.5 Å². The Morgan fingerprint density at radius 3 is 2.19 bits per heavy atom. The number of nitrogens with one attached hydrogen (secondary N) is 1. The fourth-order valence-corrected chi connectivity index (χ4v) is 2.47. The highest BCUT2D eigenvalue weighted by Crippen LogP contribution is 2.26. The SMILES string of the molecule is COC(=O)C(CC(Nc1ccc([N+](=O)[O-])cc1)c1ccccc1)[N+](=O)[O-]. The summed E-state index contributed by atoms with van der Waals surface area (Å²) in [6, 6.07) is 12.5. The summed E-state index contributed by atoms with van der Waals surface area (Å²) in [7, 11) is 1.10. The molecule has 0 bridgehead atoms. The number of non-ortho nitro benzene ring substituents is 1. The van der Waals surface area contributed by atoms with E-state index in [2.05, 4.69) is 10.1 Å². The number of carbonyl (C=O) groups excluding carboxylic acids is 1. The predicted molar refractivity (Wildman–Crippen MR) is 93.3 cm³/mol. The van der Waals surface area contributed by atoms with Gasteiger partial charge in [-0.05, 0) is 17.7 Å². The number of nitrogens with zero attached hydrogens (tertiary/aromatic N) is 2. The van der Waals surface area contributed by atoms with Crippen molar-refractivity contribution in [1.82, 2.24) is 0 Å². The molecule has 9 heteroatoms. The summed E-state index contributed by atoms with van der Waals surface area (Å²) in [5.74, 6) is -0.929. The summed E-state index contributed by atoms with van der Waals surface area (Å²) in [5.41, 5.74) is 1.21. The molecule has 2 unspecified atom stereocenters.